The van der Waals surface area contributed by atoms with E-state index in [1.165, 1.54) is 0 Å². The van der Waals surface area contributed by atoms with E-state index in [4.69, 9.17) is 14.9 Å². The zero-order valence-corrected chi connectivity index (χ0v) is 14.7. The van der Waals surface area contributed by atoms with Crippen LogP contribution in [-0.4, -0.2) is 41.6 Å². The Morgan fingerprint density at radius 3 is 2.32 bits per heavy atom. The lowest BCUT2D eigenvalue weighted by molar-refractivity contribution is 0.177. The van der Waals surface area contributed by atoms with Crippen LogP contribution in [0.4, 0.5) is 9.59 Å². The van der Waals surface area contributed by atoms with Crippen LogP contribution in [0.5, 0.6) is 5.75 Å². The first-order chi connectivity index (χ1) is 10.4. The minimum Gasteiger partial charge on any atom is -0.491 e. The highest BCUT2D eigenvalue weighted by atomic mass is 79.9. The molecule has 1 atom stereocenters. The molecule has 0 aliphatic carbocycles. The molecule has 0 radical (unpaired) electrons. The molecule has 9 heteroatoms. The maximum absolute atomic E-state index is 10.8. The third-order valence-corrected chi connectivity index (χ3v) is 3.54. The number of benzene rings is 1. The van der Waals surface area contributed by atoms with E-state index in [-0.39, 0.29) is 13.2 Å². The lowest BCUT2D eigenvalue weighted by atomic mass is 10.1. The highest BCUT2D eigenvalue weighted by Crippen LogP contribution is 2.25. The zero-order valence-electron chi connectivity index (χ0n) is 11.5. The first-order valence-corrected chi connectivity index (χ1v) is 8.00. The fourth-order valence-corrected chi connectivity index (χ4v) is 2.98. The largest absolute Gasteiger partial charge is 0.491 e. The predicted molar refractivity (Wildman–Crippen MR) is 87.5 cm³/mol. The SMILES string of the molecule is O=C(O)NCCC[C@@H](COc1cc(Br)cc(Br)c1)NC(=O)O. The lowest BCUT2D eigenvalue weighted by Crippen LogP contribution is -2.38. The van der Waals surface area contributed by atoms with Gasteiger partial charge in [0.1, 0.15) is 12.4 Å². The number of ether oxygens (including phenoxy) is 1. The Kier molecular flexibility index (Phi) is 8.03. The molecule has 1 rings (SSSR count). The fraction of sp³-hybridized carbons (Fsp3) is 0.385. The minimum absolute atomic E-state index is 0.155. The number of halogens is 2. The molecule has 22 heavy (non-hydrogen) atoms. The Bertz CT molecular complexity index is 507. The summed E-state index contributed by atoms with van der Waals surface area (Å²) in [5.41, 5.74) is 0. The van der Waals surface area contributed by atoms with Crippen molar-refractivity contribution >= 4 is 44.0 Å². The highest BCUT2D eigenvalue weighted by molar-refractivity contribution is 9.11. The third-order valence-electron chi connectivity index (χ3n) is 2.62. The second-order valence-corrected chi connectivity index (χ2v) is 6.27. The van der Waals surface area contributed by atoms with Crippen LogP contribution in [0.2, 0.25) is 0 Å². The number of amides is 2. The van der Waals surface area contributed by atoms with Gasteiger partial charge < -0.3 is 25.6 Å². The van der Waals surface area contributed by atoms with E-state index in [9.17, 15) is 9.59 Å². The van der Waals surface area contributed by atoms with Gasteiger partial charge in [-0.15, -0.1) is 0 Å². The third kappa shape index (κ3) is 8.08. The Morgan fingerprint density at radius 1 is 1.14 bits per heavy atom. The molecule has 0 aliphatic rings. The standard InChI is InChI=1S/C13H16Br2N2O5/c14-8-4-9(15)6-11(5-8)22-7-10(17-13(20)21)2-1-3-16-12(18)19/h4-6,10,16-17H,1-3,7H2,(H,18,19)(H,20,21)/t10-/m0/s1. The van der Waals surface area contributed by atoms with Crippen LogP contribution in [0.25, 0.3) is 0 Å². The van der Waals surface area contributed by atoms with Crippen LogP contribution in [0, 0.1) is 0 Å². The summed E-state index contributed by atoms with van der Waals surface area (Å²) in [5, 5.41) is 21.9. The Balaban J connectivity index is 2.49. The first kappa shape index (κ1) is 18.6. The van der Waals surface area contributed by atoms with Crippen molar-refractivity contribution in [2.24, 2.45) is 0 Å². The van der Waals surface area contributed by atoms with Crippen molar-refractivity contribution in [1.82, 2.24) is 10.6 Å². The lowest BCUT2D eigenvalue weighted by Gasteiger charge is -2.18. The van der Waals surface area contributed by atoms with Crippen molar-refractivity contribution in [3.05, 3.63) is 27.1 Å². The molecule has 0 fully saturated rings. The number of hydrogen-bond donors (Lipinski definition) is 4. The maximum atomic E-state index is 10.8. The molecule has 0 saturated heterocycles. The van der Waals surface area contributed by atoms with Crippen molar-refractivity contribution in [2.45, 2.75) is 18.9 Å². The molecule has 0 saturated carbocycles. The molecular formula is C13H16Br2N2O5. The number of nitrogens with one attached hydrogen (secondary N) is 2. The average Bonchev–Trinajstić information content (AvgIpc) is 2.38. The summed E-state index contributed by atoms with van der Waals surface area (Å²) >= 11 is 6.68. The van der Waals surface area contributed by atoms with Gasteiger partial charge in [-0.3, -0.25) is 0 Å². The van der Waals surface area contributed by atoms with Crippen LogP contribution < -0.4 is 15.4 Å². The van der Waals surface area contributed by atoms with E-state index in [1.807, 2.05) is 6.07 Å². The van der Waals surface area contributed by atoms with E-state index in [2.05, 4.69) is 42.5 Å². The summed E-state index contributed by atoms with van der Waals surface area (Å²) in [6.45, 7) is 0.415. The smallest absolute Gasteiger partial charge is 0.404 e. The topological polar surface area (TPSA) is 108 Å². The van der Waals surface area contributed by atoms with E-state index in [1.54, 1.807) is 12.1 Å². The summed E-state index contributed by atoms with van der Waals surface area (Å²) in [7, 11) is 0. The summed E-state index contributed by atoms with van der Waals surface area (Å²) in [4.78, 5) is 21.1. The Morgan fingerprint density at radius 2 is 1.77 bits per heavy atom. The molecule has 2 amide bonds. The molecule has 122 valence electrons. The molecule has 0 bridgehead atoms. The maximum Gasteiger partial charge on any atom is 0.404 e. The van der Waals surface area contributed by atoms with Gasteiger partial charge in [0.15, 0.2) is 0 Å². The van der Waals surface area contributed by atoms with Gasteiger partial charge in [-0.25, -0.2) is 9.59 Å². The average molecular weight is 440 g/mol. The van der Waals surface area contributed by atoms with Gasteiger partial charge in [-0.2, -0.15) is 0 Å². The molecule has 0 unspecified atom stereocenters. The molecule has 4 N–H and O–H groups in total. The monoisotopic (exact) mass is 438 g/mol. The molecule has 7 nitrogen and oxygen atoms in total. The zero-order chi connectivity index (χ0) is 16.5. The Labute approximate surface area is 144 Å². The first-order valence-electron chi connectivity index (χ1n) is 6.42. The quantitative estimate of drug-likeness (QED) is 0.465. The van der Waals surface area contributed by atoms with Gasteiger partial charge in [0.25, 0.3) is 0 Å². The van der Waals surface area contributed by atoms with Crippen molar-refractivity contribution in [1.29, 1.82) is 0 Å². The highest BCUT2D eigenvalue weighted by Gasteiger charge is 2.13. The second-order valence-electron chi connectivity index (χ2n) is 4.44. The summed E-state index contributed by atoms with van der Waals surface area (Å²) < 4.78 is 7.26. The Hall–Kier alpha value is -1.48. The van der Waals surface area contributed by atoms with Crippen LogP contribution in [0.15, 0.2) is 27.1 Å². The molecule has 0 heterocycles. The van der Waals surface area contributed by atoms with Crippen molar-refractivity contribution in [3.8, 4) is 5.75 Å². The summed E-state index contributed by atoms with van der Waals surface area (Å²) in [6.07, 6.45) is -1.28. The summed E-state index contributed by atoms with van der Waals surface area (Å²) in [6, 6.07) is 4.98. The minimum atomic E-state index is -1.14. The van der Waals surface area contributed by atoms with Gasteiger partial charge in [-0.05, 0) is 31.0 Å². The number of hydrogen-bond acceptors (Lipinski definition) is 3. The molecule has 0 spiro atoms. The number of carboxylic acid groups (broad SMARTS) is 2. The van der Waals surface area contributed by atoms with Gasteiger partial charge in [0, 0.05) is 15.5 Å². The van der Waals surface area contributed by atoms with Crippen LogP contribution in [0.3, 0.4) is 0 Å². The van der Waals surface area contributed by atoms with Crippen molar-refractivity contribution < 1.29 is 24.5 Å². The summed E-state index contributed by atoms with van der Waals surface area (Å²) in [5.74, 6) is 0.599. The second kappa shape index (κ2) is 9.52. The van der Waals surface area contributed by atoms with Crippen molar-refractivity contribution in [2.75, 3.05) is 13.2 Å². The van der Waals surface area contributed by atoms with Crippen molar-refractivity contribution in [3.63, 3.8) is 0 Å². The molecular weight excluding hydrogens is 424 g/mol. The van der Waals surface area contributed by atoms with Gasteiger partial charge in [-0.1, -0.05) is 31.9 Å². The van der Waals surface area contributed by atoms with E-state index < -0.39 is 18.2 Å². The fourth-order valence-electron chi connectivity index (χ4n) is 1.72. The normalized spacial score (nSPS) is 11.5. The van der Waals surface area contributed by atoms with E-state index >= 15 is 0 Å². The van der Waals surface area contributed by atoms with E-state index in [0.29, 0.717) is 18.6 Å². The molecule has 1 aromatic rings. The van der Waals surface area contributed by atoms with Gasteiger partial charge in [0.2, 0.25) is 0 Å². The number of rotatable bonds is 8. The molecule has 0 aliphatic heterocycles. The molecule has 1 aromatic carbocycles. The van der Waals surface area contributed by atoms with E-state index in [0.717, 1.165) is 8.95 Å². The molecule has 0 aromatic heterocycles. The van der Waals surface area contributed by atoms with Crippen LogP contribution >= 0.6 is 31.9 Å². The van der Waals surface area contributed by atoms with Crippen LogP contribution in [0.1, 0.15) is 12.8 Å². The number of carbonyl (C=O) groups is 2. The van der Waals surface area contributed by atoms with Gasteiger partial charge in [0.05, 0.1) is 6.04 Å². The predicted octanol–water partition coefficient (Wildman–Crippen LogP) is 3.27. The van der Waals surface area contributed by atoms with Gasteiger partial charge >= 0.3 is 12.2 Å². The van der Waals surface area contributed by atoms with Crippen LogP contribution in [-0.2, 0) is 0 Å².